The van der Waals surface area contributed by atoms with Crippen LogP contribution in [0.1, 0.15) is 0 Å². The zero-order valence-electron chi connectivity index (χ0n) is 29.2. The van der Waals surface area contributed by atoms with Crippen LogP contribution in [0.3, 0.4) is 0 Å². The van der Waals surface area contributed by atoms with Gasteiger partial charge >= 0.3 is 0 Å². The molecule has 254 valence electrons. The molecule has 0 aliphatic rings. The molecule has 0 fully saturated rings. The molecule has 4 aromatic heterocycles. The van der Waals surface area contributed by atoms with E-state index >= 15 is 0 Å². The summed E-state index contributed by atoms with van der Waals surface area (Å²) in [6.45, 7) is 0. The van der Waals surface area contributed by atoms with Crippen molar-refractivity contribution in [2.45, 2.75) is 0 Å². The average Bonchev–Trinajstić information content (AvgIpc) is 3.94. The summed E-state index contributed by atoms with van der Waals surface area (Å²) in [7, 11) is 0. The van der Waals surface area contributed by atoms with Gasteiger partial charge in [-0.2, -0.15) is 0 Å². The molecular formula is C50H27N3OS. The van der Waals surface area contributed by atoms with Crippen LogP contribution in [-0.2, 0) is 0 Å². The number of nitrogens with zero attached hydrogens (tertiary/aromatic N) is 3. The third-order valence-corrected chi connectivity index (χ3v) is 12.7. The Morgan fingerprint density at radius 3 is 1.76 bits per heavy atom. The van der Waals surface area contributed by atoms with Gasteiger partial charge in [0.2, 0.25) is 0 Å². The van der Waals surface area contributed by atoms with Gasteiger partial charge in [0.25, 0.3) is 0 Å². The van der Waals surface area contributed by atoms with E-state index in [-0.39, 0.29) is 0 Å². The molecule has 0 unspecified atom stereocenters. The molecule has 0 saturated carbocycles. The van der Waals surface area contributed by atoms with Crippen molar-refractivity contribution in [2.24, 2.45) is 0 Å². The Morgan fingerprint density at radius 2 is 1.02 bits per heavy atom. The molecular weight excluding hydrogens is 691 g/mol. The van der Waals surface area contributed by atoms with Crippen LogP contribution >= 0.6 is 11.3 Å². The first kappa shape index (κ1) is 29.4. The molecule has 0 aliphatic heterocycles. The molecule has 0 amide bonds. The molecule has 0 N–H and O–H groups in total. The Labute approximate surface area is 317 Å². The van der Waals surface area contributed by atoms with E-state index in [9.17, 15) is 0 Å². The second-order valence-electron chi connectivity index (χ2n) is 14.4. The van der Waals surface area contributed by atoms with Crippen LogP contribution < -0.4 is 0 Å². The Balaban J connectivity index is 1.21. The summed E-state index contributed by atoms with van der Waals surface area (Å²) in [6.07, 6.45) is 0. The van der Waals surface area contributed by atoms with Gasteiger partial charge in [0.05, 0.1) is 15.7 Å². The van der Waals surface area contributed by atoms with Crippen molar-refractivity contribution < 1.29 is 4.42 Å². The summed E-state index contributed by atoms with van der Waals surface area (Å²) in [5.74, 6) is 1.40. The molecule has 0 saturated heterocycles. The van der Waals surface area contributed by atoms with Gasteiger partial charge in [0, 0.05) is 37.2 Å². The van der Waals surface area contributed by atoms with E-state index in [1.165, 1.54) is 74.0 Å². The van der Waals surface area contributed by atoms with E-state index < -0.39 is 0 Å². The molecule has 5 heteroatoms. The van der Waals surface area contributed by atoms with Gasteiger partial charge in [-0.25, -0.2) is 9.97 Å². The fourth-order valence-electron chi connectivity index (χ4n) is 9.25. The van der Waals surface area contributed by atoms with Gasteiger partial charge in [-0.15, -0.1) is 11.3 Å². The van der Waals surface area contributed by atoms with Gasteiger partial charge in [0.15, 0.2) is 17.2 Å². The van der Waals surface area contributed by atoms with Crippen LogP contribution in [0.2, 0.25) is 0 Å². The summed E-state index contributed by atoms with van der Waals surface area (Å²) >= 11 is 1.85. The zero-order chi connectivity index (χ0) is 35.8. The second kappa shape index (κ2) is 10.8. The molecule has 0 spiro atoms. The van der Waals surface area contributed by atoms with Gasteiger partial charge in [-0.1, -0.05) is 133 Å². The lowest BCUT2D eigenvalue weighted by Crippen LogP contribution is -2.02. The number of thiophene rings is 1. The minimum Gasteiger partial charge on any atom is -0.450 e. The monoisotopic (exact) mass is 717 g/mol. The lowest BCUT2D eigenvalue weighted by Gasteiger charge is -2.13. The van der Waals surface area contributed by atoms with Gasteiger partial charge in [0.1, 0.15) is 11.1 Å². The van der Waals surface area contributed by atoms with E-state index in [0.717, 1.165) is 38.9 Å². The first-order valence-electron chi connectivity index (χ1n) is 18.6. The predicted octanol–water partition coefficient (Wildman–Crippen LogP) is 14.1. The van der Waals surface area contributed by atoms with Gasteiger partial charge in [-0.3, -0.25) is 4.57 Å². The third-order valence-electron chi connectivity index (χ3n) is 11.6. The highest BCUT2D eigenvalue weighted by molar-refractivity contribution is 7.27. The number of hydrogen-bond donors (Lipinski definition) is 0. The van der Waals surface area contributed by atoms with E-state index in [4.69, 9.17) is 14.4 Å². The molecule has 0 radical (unpaired) electrons. The number of fused-ring (bicyclic) bond motifs is 19. The minimum atomic E-state index is 0.660. The number of benzene rings is 9. The van der Waals surface area contributed by atoms with E-state index in [1.807, 2.05) is 23.5 Å². The third kappa shape index (κ3) is 3.89. The standard InChI is InChI=1S/C50H27N3OS/c1-2-15-31-29(13-1)30-14-3-4-16-32(30)39-27-28(25-26-33(31)39)49-51-45-37-20-8-11-23-41(37)54-47(45)50(52-49)53-40-22-10-7-19-36(40)43-34-17-5-6-18-35(34)44-38-21-9-12-24-42(38)55-48(44)46(43)53/h1-27H. The number of para-hydroxylation sites is 2. The fourth-order valence-corrected chi connectivity index (χ4v) is 10.5. The summed E-state index contributed by atoms with van der Waals surface area (Å²) in [4.78, 5) is 10.9. The average molecular weight is 718 g/mol. The lowest BCUT2D eigenvalue weighted by atomic mass is 9.93. The summed E-state index contributed by atoms with van der Waals surface area (Å²) < 4.78 is 11.6. The lowest BCUT2D eigenvalue weighted by molar-refractivity contribution is 0.662. The first-order chi connectivity index (χ1) is 27.3. The van der Waals surface area contributed by atoms with Gasteiger partial charge < -0.3 is 4.42 Å². The maximum atomic E-state index is 6.79. The predicted molar refractivity (Wildman–Crippen MR) is 232 cm³/mol. The molecule has 55 heavy (non-hydrogen) atoms. The van der Waals surface area contributed by atoms with Crippen molar-refractivity contribution in [1.29, 1.82) is 0 Å². The number of aromatic nitrogens is 3. The summed E-state index contributed by atoms with van der Waals surface area (Å²) in [5.41, 5.74) is 5.44. The van der Waals surface area contributed by atoms with Crippen LogP contribution in [0.15, 0.2) is 168 Å². The molecule has 4 heterocycles. The summed E-state index contributed by atoms with van der Waals surface area (Å²) in [5, 5.41) is 15.8. The minimum absolute atomic E-state index is 0.660. The largest absolute Gasteiger partial charge is 0.450 e. The second-order valence-corrected chi connectivity index (χ2v) is 15.5. The summed E-state index contributed by atoms with van der Waals surface area (Å²) in [6, 6.07) is 58.7. The van der Waals surface area contributed by atoms with E-state index in [1.54, 1.807) is 0 Å². The smallest absolute Gasteiger partial charge is 0.197 e. The Bertz CT molecular complexity index is 3760. The van der Waals surface area contributed by atoms with Gasteiger partial charge in [-0.05, 0) is 73.4 Å². The van der Waals surface area contributed by atoms with Crippen molar-refractivity contribution in [1.82, 2.24) is 14.5 Å². The molecule has 0 atom stereocenters. The van der Waals surface area contributed by atoms with Crippen LogP contribution in [0.25, 0.3) is 124 Å². The van der Waals surface area contributed by atoms with E-state index in [2.05, 4.69) is 156 Å². The number of furan rings is 1. The van der Waals surface area contributed by atoms with Crippen LogP contribution in [0, 0.1) is 0 Å². The maximum Gasteiger partial charge on any atom is 0.197 e. The van der Waals surface area contributed by atoms with Crippen LogP contribution in [0.5, 0.6) is 0 Å². The number of hydrogen-bond acceptors (Lipinski definition) is 4. The highest BCUT2D eigenvalue weighted by Crippen LogP contribution is 2.48. The Hall–Kier alpha value is -7.08. The number of rotatable bonds is 2. The van der Waals surface area contributed by atoms with E-state index in [0.29, 0.717) is 11.4 Å². The molecule has 0 bridgehead atoms. The topological polar surface area (TPSA) is 43.9 Å². The maximum absolute atomic E-state index is 6.79. The highest BCUT2D eigenvalue weighted by Gasteiger charge is 2.26. The molecule has 13 rings (SSSR count). The quantitative estimate of drug-likeness (QED) is 0.167. The molecule has 9 aromatic carbocycles. The van der Waals surface area contributed by atoms with Crippen molar-refractivity contribution in [3.63, 3.8) is 0 Å². The zero-order valence-corrected chi connectivity index (χ0v) is 30.1. The highest BCUT2D eigenvalue weighted by atomic mass is 32.1. The molecule has 4 nitrogen and oxygen atoms in total. The Kier molecular flexibility index (Phi) is 5.74. The molecule has 13 aromatic rings. The Morgan fingerprint density at radius 1 is 0.455 bits per heavy atom. The van der Waals surface area contributed by atoms with Crippen LogP contribution in [-0.4, -0.2) is 14.5 Å². The van der Waals surface area contributed by atoms with Crippen molar-refractivity contribution in [3.05, 3.63) is 164 Å². The first-order valence-corrected chi connectivity index (χ1v) is 19.4. The van der Waals surface area contributed by atoms with Crippen molar-refractivity contribution in [2.75, 3.05) is 0 Å². The normalized spacial score (nSPS) is 12.4. The fraction of sp³-hybridized carbons (Fsp3) is 0. The van der Waals surface area contributed by atoms with Crippen LogP contribution in [0.4, 0.5) is 0 Å². The molecule has 0 aliphatic carbocycles. The SMILES string of the molecule is c1ccc2c(c1)oc1c(-n3c4ccccc4c4c5ccccc5c5c6ccccc6sc5c43)nc(-c3ccc4c5ccccc5c5ccccc5c4c3)nc12. The van der Waals surface area contributed by atoms with Crippen molar-refractivity contribution >= 4 is 118 Å². The van der Waals surface area contributed by atoms with Crippen molar-refractivity contribution in [3.8, 4) is 17.2 Å².